The van der Waals surface area contributed by atoms with E-state index in [4.69, 9.17) is 9.97 Å². The number of hydrogen-bond acceptors (Lipinski definition) is 2. The molecule has 7 aromatic carbocycles. The lowest BCUT2D eigenvalue weighted by Crippen LogP contribution is -1.99. The molecule has 2 aromatic heterocycles. The lowest BCUT2D eigenvalue weighted by atomic mass is 9.85. The topological polar surface area (TPSA) is 30.7 Å². The second kappa shape index (κ2) is 10.3. The largest absolute Gasteiger partial charge is 0.276 e. The SMILES string of the molecule is c1ccc(-c2nc3ccc(-c4c5ccccc5c(-c5ccc6ccccc6c5)c5ccccc45)cc3n2-c2ccccn2)cc1. The zero-order valence-electron chi connectivity index (χ0n) is 24.4. The van der Waals surface area contributed by atoms with Crippen molar-refractivity contribution in [1.29, 1.82) is 0 Å². The monoisotopic (exact) mass is 573 g/mol. The molecule has 0 radical (unpaired) electrons. The van der Waals surface area contributed by atoms with E-state index in [1.165, 1.54) is 49.0 Å². The molecule has 0 spiro atoms. The number of nitrogens with zero attached hydrogens (tertiary/aromatic N) is 3. The van der Waals surface area contributed by atoms with Gasteiger partial charge in [-0.15, -0.1) is 0 Å². The summed E-state index contributed by atoms with van der Waals surface area (Å²) in [6.45, 7) is 0. The fourth-order valence-electron chi connectivity index (χ4n) is 6.82. The van der Waals surface area contributed by atoms with E-state index in [2.05, 4.69) is 138 Å². The maximum Gasteiger partial charge on any atom is 0.146 e. The zero-order chi connectivity index (χ0) is 29.7. The van der Waals surface area contributed by atoms with Gasteiger partial charge in [-0.25, -0.2) is 9.97 Å². The third kappa shape index (κ3) is 4.13. The molecule has 45 heavy (non-hydrogen) atoms. The molecule has 0 saturated carbocycles. The first-order valence-electron chi connectivity index (χ1n) is 15.3. The third-order valence-electron chi connectivity index (χ3n) is 8.82. The number of pyridine rings is 1. The molecule has 0 bridgehead atoms. The van der Waals surface area contributed by atoms with Gasteiger partial charge in [-0.3, -0.25) is 4.57 Å². The summed E-state index contributed by atoms with van der Waals surface area (Å²) in [5.74, 6) is 1.72. The van der Waals surface area contributed by atoms with Gasteiger partial charge in [0.25, 0.3) is 0 Å². The van der Waals surface area contributed by atoms with Crippen molar-refractivity contribution in [1.82, 2.24) is 14.5 Å². The van der Waals surface area contributed by atoms with Gasteiger partial charge >= 0.3 is 0 Å². The van der Waals surface area contributed by atoms with Crippen molar-refractivity contribution in [3.63, 3.8) is 0 Å². The van der Waals surface area contributed by atoms with Crippen molar-refractivity contribution in [2.75, 3.05) is 0 Å². The van der Waals surface area contributed by atoms with Gasteiger partial charge in [0, 0.05) is 11.8 Å². The normalized spacial score (nSPS) is 11.6. The summed E-state index contributed by atoms with van der Waals surface area (Å²) in [6.07, 6.45) is 1.84. The first-order chi connectivity index (χ1) is 22.3. The first-order valence-corrected chi connectivity index (χ1v) is 15.3. The molecule has 2 heterocycles. The highest BCUT2D eigenvalue weighted by Crippen LogP contribution is 2.44. The van der Waals surface area contributed by atoms with Crippen molar-refractivity contribution < 1.29 is 0 Å². The van der Waals surface area contributed by atoms with Crippen molar-refractivity contribution in [3.05, 3.63) is 164 Å². The van der Waals surface area contributed by atoms with E-state index in [-0.39, 0.29) is 0 Å². The van der Waals surface area contributed by atoms with Gasteiger partial charge in [-0.1, -0.05) is 127 Å². The van der Waals surface area contributed by atoms with Crippen LogP contribution in [0.3, 0.4) is 0 Å². The minimum absolute atomic E-state index is 0.845. The number of rotatable bonds is 4. The molecule has 0 fully saturated rings. The van der Waals surface area contributed by atoms with Crippen LogP contribution < -0.4 is 0 Å². The summed E-state index contributed by atoms with van der Waals surface area (Å²) >= 11 is 0. The van der Waals surface area contributed by atoms with Gasteiger partial charge in [0.1, 0.15) is 11.6 Å². The van der Waals surface area contributed by atoms with Crippen molar-refractivity contribution in [3.8, 4) is 39.5 Å². The fraction of sp³-hybridized carbons (Fsp3) is 0. The molecule has 0 aliphatic rings. The summed E-state index contributed by atoms with van der Waals surface area (Å²) in [5, 5.41) is 7.43. The highest BCUT2D eigenvalue weighted by molar-refractivity contribution is 6.22. The van der Waals surface area contributed by atoms with E-state index >= 15 is 0 Å². The average Bonchev–Trinajstić information content (AvgIpc) is 3.50. The molecule has 9 rings (SSSR count). The lowest BCUT2D eigenvalue weighted by molar-refractivity contribution is 1.03. The highest BCUT2D eigenvalue weighted by Gasteiger charge is 2.20. The molecular formula is C42H27N3. The fourth-order valence-corrected chi connectivity index (χ4v) is 6.82. The van der Waals surface area contributed by atoms with Crippen molar-refractivity contribution in [2.24, 2.45) is 0 Å². The minimum atomic E-state index is 0.845. The first kappa shape index (κ1) is 25.4. The van der Waals surface area contributed by atoms with Gasteiger partial charge in [0.15, 0.2) is 0 Å². The lowest BCUT2D eigenvalue weighted by Gasteiger charge is -2.18. The molecule has 9 aromatic rings. The van der Waals surface area contributed by atoms with E-state index in [0.717, 1.165) is 33.8 Å². The molecule has 3 heteroatoms. The standard InChI is InChI=1S/C42H27N3/c1-2-13-29(14-3-1)42-44-37-24-23-32(27-38(37)45(42)39-20-10-11-25-43-39)41-35-18-8-6-16-33(35)40(34-17-7-9-19-36(34)41)31-22-21-28-12-4-5-15-30(28)26-31/h1-27H. The van der Waals surface area contributed by atoms with E-state index in [1.807, 2.05) is 30.5 Å². The average molecular weight is 574 g/mol. The van der Waals surface area contributed by atoms with Crippen LogP contribution in [0.25, 0.3) is 82.8 Å². The molecule has 0 atom stereocenters. The van der Waals surface area contributed by atoms with Gasteiger partial charge in [-0.2, -0.15) is 0 Å². The summed E-state index contributed by atoms with van der Waals surface area (Å²) < 4.78 is 2.18. The Hall–Kier alpha value is -6.06. The number of hydrogen-bond donors (Lipinski definition) is 0. The van der Waals surface area contributed by atoms with Crippen LogP contribution in [0.1, 0.15) is 0 Å². The molecular weight excluding hydrogens is 546 g/mol. The predicted molar refractivity (Wildman–Crippen MR) is 188 cm³/mol. The summed E-state index contributed by atoms with van der Waals surface area (Å²) in [5.41, 5.74) is 7.88. The van der Waals surface area contributed by atoms with Crippen LogP contribution in [0.2, 0.25) is 0 Å². The van der Waals surface area contributed by atoms with Crippen LogP contribution in [-0.2, 0) is 0 Å². The Kier molecular flexibility index (Phi) is 5.82. The molecule has 0 unspecified atom stereocenters. The molecule has 0 aliphatic carbocycles. The van der Waals surface area contributed by atoms with Crippen LogP contribution in [0.5, 0.6) is 0 Å². The summed E-state index contributed by atoms with van der Waals surface area (Å²) in [4.78, 5) is 9.87. The molecule has 3 nitrogen and oxygen atoms in total. The summed E-state index contributed by atoms with van der Waals surface area (Å²) in [6, 6.07) is 56.1. The Balaban J connectivity index is 1.35. The molecule has 0 N–H and O–H groups in total. The molecule has 0 amide bonds. The Morgan fingerprint density at radius 3 is 1.67 bits per heavy atom. The maximum absolute atomic E-state index is 5.12. The van der Waals surface area contributed by atoms with E-state index in [1.54, 1.807) is 0 Å². The Labute approximate surface area is 260 Å². The van der Waals surface area contributed by atoms with E-state index in [9.17, 15) is 0 Å². The number of fused-ring (bicyclic) bond motifs is 4. The van der Waals surface area contributed by atoms with Gasteiger partial charge < -0.3 is 0 Å². The number of aromatic nitrogens is 3. The van der Waals surface area contributed by atoms with Gasteiger partial charge in [0.2, 0.25) is 0 Å². The number of benzene rings is 7. The highest BCUT2D eigenvalue weighted by atomic mass is 15.1. The van der Waals surface area contributed by atoms with Crippen LogP contribution in [0.4, 0.5) is 0 Å². The quantitative estimate of drug-likeness (QED) is 0.196. The smallest absolute Gasteiger partial charge is 0.146 e. The summed E-state index contributed by atoms with van der Waals surface area (Å²) in [7, 11) is 0. The molecule has 0 aliphatic heterocycles. The third-order valence-corrected chi connectivity index (χ3v) is 8.82. The van der Waals surface area contributed by atoms with Crippen LogP contribution in [0, 0.1) is 0 Å². The Morgan fingerprint density at radius 2 is 1.00 bits per heavy atom. The van der Waals surface area contributed by atoms with Crippen molar-refractivity contribution >= 4 is 43.4 Å². The zero-order valence-corrected chi connectivity index (χ0v) is 24.4. The van der Waals surface area contributed by atoms with Gasteiger partial charge in [-0.05, 0) is 84.9 Å². The Morgan fingerprint density at radius 1 is 0.422 bits per heavy atom. The van der Waals surface area contributed by atoms with E-state index in [0.29, 0.717) is 0 Å². The van der Waals surface area contributed by atoms with Crippen LogP contribution in [-0.4, -0.2) is 14.5 Å². The second-order valence-corrected chi connectivity index (χ2v) is 11.4. The number of imidazole rings is 1. The maximum atomic E-state index is 5.12. The Bertz CT molecular complexity index is 2470. The predicted octanol–water partition coefficient (Wildman–Crippen LogP) is 10.9. The minimum Gasteiger partial charge on any atom is -0.276 e. The molecule has 210 valence electrons. The van der Waals surface area contributed by atoms with Crippen LogP contribution in [0.15, 0.2) is 164 Å². The van der Waals surface area contributed by atoms with Gasteiger partial charge in [0.05, 0.1) is 11.0 Å². The second-order valence-electron chi connectivity index (χ2n) is 11.4. The molecule has 0 saturated heterocycles. The van der Waals surface area contributed by atoms with E-state index < -0.39 is 0 Å². The van der Waals surface area contributed by atoms with Crippen molar-refractivity contribution in [2.45, 2.75) is 0 Å². The van der Waals surface area contributed by atoms with Crippen LogP contribution >= 0.6 is 0 Å².